The maximum absolute atomic E-state index is 6.09. The van der Waals surface area contributed by atoms with Gasteiger partial charge in [-0.2, -0.15) is 0 Å². The van der Waals surface area contributed by atoms with E-state index in [-0.39, 0.29) is 0 Å². The minimum Gasteiger partial charge on any atom is -0.492 e. The summed E-state index contributed by atoms with van der Waals surface area (Å²) >= 11 is 5.37. The molecule has 18 bridgehead atoms. The molecule has 4 heterocycles. The Morgan fingerprint density at radius 1 is 0.203 bits per heavy atom. The molecule has 0 aliphatic carbocycles. The molecule has 0 unspecified atom stereocenters. The first-order chi connectivity index (χ1) is 33.9. The van der Waals surface area contributed by atoms with E-state index in [2.05, 4.69) is 146 Å². The van der Waals surface area contributed by atoms with Crippen LogP contribution in [0.5, 0.6) is 34.5 Å². The summed E-state index contributed by atoms with van der Waals surface area (Å²) in [7, 11) is 10.3. The van der Waals surface area contributed by atoms with E-state index in [9.17, 15) is 0 Å². The zero-order chi connectivity index (χ0) is 46.7. The van der Waals surface area contributed by atoms with Crippen LogP contribution in [0.1, 0.15) is 0 Å². The van der Waals surface area contributed by atoms with Gasteiger partial charge in [-0.15, -0.1) is 34.0 Å². The zero-order valence-electron chi connectivity index (χ0n) is 38.5. The highest BCUT2D eigenvalue weighted by Crippen LogP contribution is 2.49. The Morgan fingerprint density at radius 2 is 0.362 bits per heavy atom. The fraction of sp³-hybridized carbons (Fsp3) is 0.100. The fourth-order valence-corrected chi connectivity index (χ4v) is 13.6. The number of rotatable bonds is 6. The van der Waals surface area contributed by atoms with Gasteiger partial charge in [0.15, 0.2) is 34.5 Å². The average molecular weight is 955 g/mol. The van der Waals surface area contributed by atoms with Crippen molar-refractivity contribution in [2.24, 2.45) is 0 Å². The molecule has 0 spiro atoms. The van der Waals surface area contributed by atoms with Crippen LogP contribution in [-0.2, 0) is 0 Å². The Kier molecular flexibility index (Phi) is 9.66. The standard InChI is InChI=1S/C60H42O6S3/c1-61-55-37-13-7-31-25-43(37)44-26-32(8-14-38(44)56(55)62-2)50-21-22-52(68-50)34-10-16-40-46(28-34)48-30-36(12-18-42(48)60(66-6)58(40)64-4)54-24-23-53(69-54)35-11-17-41-47(29-35)45-27-33(51-20-19-49(31)67-51)9-15-39(45)57(63-3)59(41)65-5/h7-30H,1-6H3. The van der Waals surface area contributed by atoms with Crippen molar-refractivity contribution in [3.8, 4) is 34.5 Å². The van der Waals surface area contributed by atoms with Crippen molar-refractivity contribution in [3.05, 3.63) is 146 Å². The van der Waals surface area contributed by atoms with Gasteiger partial charge < -0.3 is 28.4 Å². The lowest BCUT2D eigenvalue weighted by Crippen LogP contribution is -1.94. The zero-order valence-corrected chi connectivity index (χ0v) is 41.0. The minimum absolute atomic E-state index is 0.725. The summed E-state index contributed by atoms with van der Waals surface area (Å²) in [6, 6.07) is 53.5. The van der Waals surface area contributed by atoms with Crippen LogP contribution in [0.2, 0.25) is 0 Å². The van der Waals surface area contributed by atoms with Crippen LogP contribution in [0.3, 0.4) is 0 Å². The van der Waals surface area contributed by atoms with Gasteiger partial charge in [0.05, 0.1) is 42.7 Å². The molecule has 13 rings (SSSR count). The van der Waals surface area contributed by atoms with E-state index >= 15 is 0 Å². The van der Waals surface area contributed by atoms with Crippen LogP contribution in [0, 0.1) is 0 Å². The third-order valence-corrected chi connectivity index (χ3v) is 17.4. The lowest BCUT2D eigenvalue weighted by molar-refractivity contribution is 0.362. The molecular weight excluding hydrogens is 913 g/mol. The molecule has 13 aromatic rings. The van der Waals surface area contributed by atoms with E-state index in [1.165, 1.54) is 28.2 Å². The highest BCUT2D eigenvalue weighted by atomic mass is 32.1. The lowest BCUT2D eigenvalue weighted by atomic mass is 9.97. The second-order valence-electron chi connectivity index (χ2n) is 17.3. The number of hydrogen-bond acceptors (Lipinski definition) is 9. The smallest absolute Gasteiger partial charge is 0.169 e. The molecule has 9 heteroatoms. The number of fused-ring (bicyclic) bond motifs is 18. The highest BCUT2D eigenvalue weighted by Gasteiger charge is 2.20. The molecule has 69 heavy (non-hydrogen) atoms. The highest BCUT2D eigenvalue weighted by molar-refractivity contribution is 7.25. The number of thiophene rings is 3. The Labute approximate surface area is 407 Å². The SMILES string of the molecule is COc1c(OC)c2ccc3cc2c2cc(ccc12)c1ccc(s1)c1ccc2c(OC)c(OC)c4ccc(cc4c2c1)c1ccc(s1)c1ccc2c(OC)c(OC)c4ccc(cc4c2c1)c1ccc3s1. The first kappa shape index (κ1) is 41.6. The fourth-order valence-electron chi connectivity index (χ4n) is 10.6. The van der Waals surface area contributed by atoms with Gasteiger partial charge in [-0.05, 0) is 174 Å². The molecule has 9 aromatic carbocycles. The maximum Gasteiger partial charge on any atom is 0.169 e. The van der Waals surface area contributed by atoms with E-state index < -0.39 is 0 Å². The molecular formula is C60H42O6S3. The summed E-state index contributed by atoms with van der Waals surface area (Å²) in [4.78, 5) is 0. The molecule has 0 atom stereocenters. The first-order valence-corrected chi connectivity index (χ1v) is 25.0. The number of benzene rings is 9. The molecule has 0 saturated heterocycles. The predicted molar refractivity (Wildman–Crippen MR) is 296 cm³/mol. The molecule has 0 radical (unpaired) electrons. The summed E-state index contributed by atoms with van der Waals surface area (Å²) in [6.07, 6.45) is 0. The summed E-state index contributed by atoms with van der Waals surface area (Å²) in [5.41, 5.74) is 0. The van der Waals surface area contributed by atoms with Crippen molar-refractivity contribution in [2.75, 3.05) is 42.7 Å². The van der Waals surface area contributed by atoms with Gasteiger partial charge in [0.2, 0.25) is 0 Å². The Morgan fingerprint density at radius 3 is 0.507 bits per heavy atom. The molecule has 336 valence electrons. The van der Waals surface area contributed by atoms with E-state index in [0.29, 0.717) is 0 Å². The molecule has 6 nitrogen and oxygen atoms in total. The summed E-state index contributed by atoms with van der Waals surface area (Å²) in [5.74, 6) is 4.35. The monoisotopic (exact) mass is 954 g/mol. The third-order valence-electron chi connectivity index (χ3n) is 13.8. The summed E-state index contributed by atoms with van der Waals surface area (Å²) < 4.78 is 43.6. The predicted octanol–water partition coefficient (Wildman–Crippen LogP) is 17.4. The van der Waals surface area contributed by atoms with Crippen LogP contribution in [0.25, 0.3) is 125 Å². The van der Waals surface area contributed by atoms with E-state index in [1.807, 2.05) is 0 Å². The van der Waals surface area contributed by atoms with E-state index in [1.54, 1.807) is 76.7 Å². The van der Waals surface area contributed by atoms with Crippen LogP contribution < -0.4 is 28.4 Å². The van der Waals surface area contributed by atoms with Crippen molar-refractivity contribution in [1.82, 2.24) is 0 Å². The van der Waals surface area contributed by atoms with Crippen molar-refractivity contribution in [2.45, 2.75) is 0 Å². The number of hydrogen-bond donors (Lipinski definition) is 0. The third kappa shape index (κ3) is 6.27. The Bertz CT molecular complexity index is 3740. The molecule has 0 N–H and O–H groups in total. The van der Waals surface area contributed by atoms with Crippen LogP contribution in [-0.4, -0.2) is 42.7 Å². The van der Waals surface area contributed by atoms with Gasteiger partial charge in [0.25, 0.3) is 0 Å². The van der Waals surface area contributed by atoms with E-state index in [0.717, 1.165) is 131 Å². The molecule has 4 aromatic heterocycles. The van der Waals surface area contributed by atoms with Crippen molar-refractivity contribution >= 4 is 159 Å². The van der Waals surface area contributed by atoms with Gasteiger partial charge in [-0.1, -0.05) is 36.4 Å². The molecule has 0 aliphatic rings. The number of methoxy groups -OCH3 is 6. The van der Waals surface area contributed by atoms with Crippen LogP contribution in [0.15, 0.2) is 146 Å². The van der Waals surface area contributed by atoms with Gasteiger partial charge in [0.1, 0.15) is 0 Å². The van der Waals surface area contributed by atoms with Gasteiger partial charge in [-0.3, -0.25) is 0 Å². The van der Waals surface area contributed by atoms with Gasteiger partial charge in [0, 0.05) is 60.5 Å². The Hall–Kier alpha value is -7.56. The van der Waals surface area contributed by atoms with Gasteiger partial charge in [-0.25, -0.2) is 0 Å². The largest absolute Gasteiger partial charge is 0.492 e. The van der Waals surface area contributed by atoms with E-state index in [4.69, 9.17) is 28.4 Å². The molecule has 0 aliphatic heterocycles. The second kappa shape index (κ2) is 16.0. The maximum atomic E-state index is 6.09. The summed E-state index contributed by atoms with van der Waals surface area (Å²) in [6.45, 7) is 0. The van der Waals surface area contributed by atoms with Crippen LogP contribution >= 0.6 is 34.0 Å². The molecule has 0 saturated carbocycles. The van der Waals surface area contributed by atoms with Crippen molar-refractivity contribution in [3.63, 3.8) is 0 Å². The average Bonchev–Trinajstić information content (AvgIpc) is 4.22. The second-order valence-corrected chi connectivity index (χ2v) is 20.5. The normalized spacial score (nSPS) is 11.9. The van der Waals surface area contributed by atoms with Crippen molar-refractivity contribution < 1.29 is 28.4 Å². The topological polar surface area (TPSA) is 55.4 Å². The van der Waals surface area contributed by atoms with Gasteiger partial charge >= 0.3 is 0 Å². The quantitative estimate of drug-likeness (QED) is 0.155. The number of ether oxygens (including phenoxy) is 6. The Balaban J connectivity index is 1.19. The molecule has 0 amide bonds. The first-order valence-electron chi connectivity index (χ1n) is 22.6. The van der Waals surface area contributed by atoms with Crippen LogP contribution in [0.4, 0.5) is 0 Å². The minimum atomic E-state index is 0.725. The molecule has 0 fully saturated rings. The van der Waals surface area contributed by atoms with Crippen molar-refractivity contribution in [1.29, 1.82) is 0 Å². The summed E-state index contributed by atoms with van der Waals surface area (Å²) in [5, 5.41) is 19.4. The lowest BCUT2D eigenvalue weighted by Gasteiger charge is -2.15.